The van der Waals surface area contributed by atoms with E-state index in [9.17, 15) is 14.4 Å². The van der Waals surface area contributed by atoms with Crippen LogP contribution in [0.1, 0.15) is 48.2 Å². The normalized spacial score (nSPS) is 13.1. The van der Waals surface area contributed by atoms with Crippen molar-refractivity contribution in [1.29, 1.82) is 0 Å². The van der Waals surface area contributed by atoms with Gasteiger partial charge in [0.2, 0.25) is 5.91 Å². The molecule has 3 aromatic rings. The summed E-state index contributed by atoms with van der Waals surface area (Å²) in [5.41, 5.74) is 8.04. The van der Waals surface area contributed by atoms with E-state index in [4.69, 9.17) is 10.5 Å². The monoisotopic (exact) mass is 515 g/mol. The molecular weight excluding hydrogens is 478 g/mol. The minimum atomic E-state index is -0.809. The van der Waals surface area contributed by atoms with Gasteiger partial charge < -0.3 is 21.1 Å². The molecule has 0 unspecified atom stereocenters. The van der Waals surface area contributed by atoms with Crippen LogP contribution in [0.4, 0.5) is 0 Å². The van der Waals surface area contributed by atoms with E-state index in [1.54, 1.807) is 30.3 Å². The Morgan fingerprint density at radius 3 is 2.18 bits per heavy atom. The summed E-state index contributed by atoms with van der Waals surface area (Å²) in [5.74, 6) is -0.558. The van der Waals surface area contributed by atoms with E-state index in [1.807, 2.05) is 68.4 Å². The van der Waals surface area contributed by atoms with E-state index in [1.165, 1.54) is 0 Å². The zero-order chi connectivity index (χ0) is 27.3. The smallest absolute Gasteiger partial charge is 0.251 e. The van der Waals surface area contributed by atoms with Gasteiger partial charge in [-0.05, 0) is 54.2 Å². The minimum absolute atomic E-state index is 0.151. The standard InChI is InChI=1S/C31H37N3O4/c1-3-22(2)29(34-30(36)25-14-10-13-24(19-25)20-32)31(37)33-27(18-17-23-11-6-4-7-12-23)28(35)21-38-26-15-8-5-9-16-26/h4-16,19,22,27,29H,3,17-18,20-21,32H2,1-2H3,(H,33,37)(H,34,36)/t22-,27+,29+/m1/s1. The van der Waals surface area contributed by atoms with Gasteiger partial charge in [-0.1, -0.05) is 80.9 Å². The van der Waals surface area contributed by atoms with Crippen LogP contribution in [0, 0.1) is 5.92 Å². The number of amides is 2. The summed E-state index contributed by atoms with van der Waals surface area (Å²) < 4.78 is 5.67. The van der Waals surface area contributed by atoms with Gasteiger partial charge in [0.25, 0.3) is 5.91 Å². The number of rotatable bonds is 14. The maximum atomic E-state index is 13.5. The maximum Gasteiger partial charge on any atom is 0.251 e. The van der Waals surface area contributed by atoms with Crippen molar-refractivity contribution in [3.63, 3.8) is 0 Å². The Kier molecular flexibility index (Phi) is 11.1. The van der Waals surface area contributed by atoms with Crippen LogP contribution in [0.3, 0.4) is 0 Å². The van der Waals surface area contributed by atoms with E-state index in [0.717, 1.165) is 11.1 Å². The molecule has 0 spiro atoms. The Morgan fingerprint density at radius 1 is 0.868 bits per heavy atom. The molecule has 3 rings (SSSR count). The summed E-state index contributed by atoms with van der Waals surface area (Å²) in [7, 11) is 0. The van der Waals surface area contributed by atoms with Crippen LogP contribution in [0.25, 0.3) is 0 Å². The van der Waals surface area contributed by atoms with Gasteiger partial charge in [0, 0.05) is 12.1 Å². The third kappa shape index (κ3) is 8.56. The molecule has 0 aromatic heterocycles. The summed E-state index contributed by atoms with van der Waals surface area (Å²) in [6.07, 6.45) is 1.68. The predicted molar refractivity (Wildman–Crippen MR) is 149 cm³/mol. The number of hydrogen-bond acceptors (Lipinski definition) is 5. The van der Waals surface area contributed by atoms with Crippen LogP contribution >= 0.6 is 0 Å². The Bertz CT molecular complexity index is 1180. The van der Waals surface area contributed by atoms with Gasteiger partial charge in [-0.3, -0.25) is 14.4 Å². The lowest BCUT2D eigenvalue weighted by Gasteiger charge is -2.26. The molecule has 0 radical (unpaired) electrons. The lowest BCUT2D eigenvalue weighted by atomic mass is 9.96. The fourth-order valence-electron chi connectivity index (χ4n) is 4.07. The SMILES string of the molecule is CC[C@@H](C)[C@H](NC(=O)c1cccc(CN)c1)C(=O)N[C@@H](CCc1ccccc1)C(=O)COc1ccccc1. The number of nitrogens with one attached hydrogen (secondary N) is 2. The molecule has 3 atom stereocenters. The molecule has 0 saturated carbocycles. The van der Waals surface area contributed by atoms with E-state index < -0.39 is 18.0 Å². The Labute approximate surface area is 224 Å². The number of para-hydroxylation sites is 1. The lowest BCUT2D eigenvalue weighted by Crippen LogP contribution is -2.54. The summed E-state index contributed by atoms with van der Waals surface area (Å²) in [5, 5.41) is 5.79. The van der Waals surface area contributed by atoms with E-state index in [-0.39, 0.29) is 24.2 Å². The predicted octanol–water partition coefficient (Wildman–Crippen LogP) is 4.06. The van der Waals surface area contributed by atoms with Gasteiger partial charge in [0.1, 0.15) is 18.4 Å². The minimum Gasteiger partial charge on any atom is -0.486 e. The number of benzene rings is 3. The van der Waals surface area contributed by atoms with Crippen molar-refractivity contribution in [2.75, 3.05) is 6.61 Å². The van der Waals surface area contributed by atoms with Gasteiger partial charge in [-0.25, -0.2) is 0 Å². The molecule has 2 amide bonds. The number of ketones is 1. The first kappa shape index (κ1) is 28.6. The van der Waals surface area contributed by atoms with Crippen LogP contribution < -0.4 is 21.1 Å². The molecular formula is C31H37N3O4. The highest BCUT2D eigenvalue weighted by Crippen LogP contribution is 2.14. The number of Topliss-reactive ketones (excluding diaryl/α,β-unsaturated/α-hetero) is 1. The number of ether oxygens (including phenoxy) is 1. The van der Waals surface area contributed by atoms with Crippen LogP contribution in [-0.2, 0) is 22.6 Å². The van der Waals surface area contributed by atoms with Gasteiger partial charge in [-0.15, -0.1) is 0 Å². The van der Waals surface area contributed by atoms with Crippen LogP contribution in [0.2, 0.25) is 0 Å². The second-order valence-electron chi connectivity index (χ2n) is 9.39. The molecule has 0 fully saturated rings. The number of aryl methyl sites for hydroxylation is 1. The van der Waals surface area contributed by atoms with Crippen molar-refractivity contribution in [3.05, 3.63) is 102 Å². The van der Waals surface area contributed by atoms with E-state index in [0.29, 0.717) is 37.1 Å². The quantitative estimate of drug-likeness (QED) is 0.300. The van der Waals surface area contributed by atoms with E-state index >= 15 is 0 Å². The molecule has 3 aromatic carbocycles. The van der Waals surface area contributed by atoms with Crippen molar-refractivity contribution in [2.45, 2.75) is 51.7 Å². The number of carbonyl (C=O) groups excluding carboxylic acids is 3. The Hall–Kier alpha value is -3.97. The molecule has 0 aliphatic rings. The second-order valence-corrected chi connectivity index (χ2v) is 9.39. The highest BCUT2D eigenvalue weighted by molar-refractivity contribution is 5.98. The van der Waals surface area contributed by atoms with Gasteiger partial charge in [0.05, 0.1) is 6.04 Å². The van der Waals surface area contributed by atoms with Crippen molar-refractivity contribution >= 4 is 17.6 Å². The third-order valence-corrected chi connectivity index (χ3v) is 6.60. The molecule has 0 saturated heterocycles. The number of carbonyl (C=O) groups is 3. The summed E-state index contributed by atoms with van der Waals surface area (Å²) in [4.78, 5) is 39.7. The largest absolute Gasteiger partial charge is 0.486 e. The van der Waals surface area contributed by atoms with Crippen LogP contribution in [-0.4, -0.2) is 36.3 Å². The van der Waals surface area contributed by atoms with Gasteiger partial charge in [0.15, 0.2) is 5.78 Å². The number of hydrogen-bond donors (Lipinski definition) is 3. The Morgan fingerprint density at radius 2 is 1.53 bits per heavy atom. The maximum absolute atomic E-state index is 13.5. The zero-order valence-corrected chi connectivity index (χ0v) is 22.1. The van der Waals surface area contributed by atoms with E-state index in [2.05, 4.69) is 10.6 Å². The molecule has 0 heterocycles. The Balaban J connectivity index is 1.74. The first-order chi connectivity index (χ1) is 18.4. The van der Waals surface area contributed by atoms with Crippen molar-refractivity contribution < 1.29 is 19.1 Å². The molecule has 0 aliphatic heterocycles. The molecule has 7 heteroatoms. The molecule has 200 valence electrons. The summed E-state index contributed by atoms with van der Waals surface area (Å²) in [6, 6.07) is 24.3. The number of nitrogens with two attached hydrogens (primary N) is 1. The van der Waals surface area contributed by atoms with Crippen LogP contribution in [0.15, 0.2) is 84.9 Å². The highest BCUT2D eigenvalue weighted by Gasteiger charge is 2.30. The first-order valence-electron chi connectivity index (χ1n) is 13.1. The average Bonchev–Trinajstić information content (AvgIpc) is 2.97. The second kappa shape index (κ2) is 14.7. The molecule has 0 bridgehead atoms. The molecule has 0 aliphatic carbocycles. The fourth-order valence-corrected chi connectivity index (χ4v) is 4.07. The summed E-state index contributed by atoms with van der Waals surface area (Å²) >= 11 is 0. The van der Waals surface area contributed by atoms with Crippen LogP contribution in [0.5, 0.6) is 5.75 Å². The topological polar surface area (TPSA) is 111 Å². The van der Waals surface area contributed by atoms with Crippen molar-refractivity contribution in [3.8, 4) is 5.75 Å². The highest BCUT2D eigenvalue weighted by atomic mass is 16.5. The third-order valence-electron chi connectivity index (χ3n) is 6.60. The molecule has 7 nitrogen and oxygen atoms in total. The fraction of sp³-hybridized carbons (Fsp3) is 0.323. The first-order valence-corrected chi connectivity index (χ1v) is 13.1. The lowest BCUT2D eigenvalue weighted by molar-refractivity contribution is -0.130. The summed E-state index contributed by atoms with van der Waals surface area (Å²) in [6.45, 7) is 4.00. The zero-order valence-electron chi connectivity index (χ0n) is 22.1. The van der Waals surface area contributed by atoms with Crippen molar-refractivity contribution in [1.82, 2.24) is 10.6 Å². The average molecular weight is 516 g/mol. The van der Waals surface area contributed by atoms with Crippen molar-refractivity contribution in [2.24, 2.45) is 11.7 Å². The molecule has 38 heavy (non-hydrogen) atoms. The van der Waals surface area contributed by atoms with Gasteiger partial charge in [-0.2, -0.15) is 0 Å². The van der Waals surface area contributed by atoms with Gasteiger partial charge >= 0.3 is 0 Å². The molecule has 4 N–H and O–H groups in total.